The van der Waals surface area contributed by atoms with E-state index in [9.17, 15) is 4.79 Å². The van der Waals surface area contributed by atoms with Gasteiger partial charge in [0, 0.05) is 9.50 Å². The van der Waals surface area contributed by atoms with Crippen LogP contribution in [0.2, 0.25) is 10.0 Å². The second-order valence-corrected chi connectivity index (χ2v) is 6.38. The van der Waals surface area contributed by atoms with E-state index in [1.807, 2.05) is 24.3 Å². The first kappa shape index (κ1) is 17.8. The monoisotopic (exact) mass is 414 g/mol. The Bertz CT molecular complexity index is 738. The van der Waals surface area contributed by atoms with E-state index in [4.69, 9.17) is 27.9 Å². The number of benzene rings is 2. The Morgan fingerprint density at radius 2 is 2.09 bits per heavy atom. The maximum atomic E-state index is 12.0. The van der Waals surface area contributed by atoms with Crippen molar-refractivity contribution in [3.05, 3.63) is 62.5 Å². The molecule has 1 amide bonds. The van der Waals surface area contributed by atoms with Gasteiger partial charge in [0.1, 0.15) is 5.75 Å². The number of carbonyl (C=O) groups excluding carboxylic acids is 1. The first-order chi connectivity index (χ1) is 11.0. The lowest BCUT2D eigenvalue weighted by Gasteiger charge is -2.14. The second-order valence-electron chi connectivity index (χ2n) is 4.62. The summed E-state index contributed by atoms with van der Waals surface area (Å²) in [5.41, 5.74) is 3.28. The minimum absolute atomic E-state index is 0.342. The van der Waals surface area contributed by atoms with Gasteiger partial charge in [0.05, 0.1) is 11.2 Å². The summed E-state index contributed by atoms with van der Waals surface area (Å²) in [6.07, 6.45) is 0.790. The molecule has 0 heterocycles. The molecule has 0 saturated heterocycles. The van der Waals surface area contributed by atoms with Gasteiger partial charge < -0.3 is 4.74 Å². The van der Waals surface area contributed by atoms with Crippen LogP contribution >= 0.6 is 39.1 Å². The van der Waals surface area contributed by atoms with Crippen molar-refractivity contribution >= 4 is 51.3 Å². The highest BCUT2D eigenvalue weighted by atomic mass is 79.9. The molecule has 4 nitrogen and oxygen atoms in total. The average Bonchev–Trinajstić information content (AvgIpc) is 2.50. The molecule has 120 valence electrons. The Labute approximate surface area is 152 Å². The standard InChI is InChI=1S/C16H13BrCl2N2O2/c1-10(23-15-6-5-13(18)8-14(15)19)16(22)21-20-9-11-3-2-4-12(17)7-11/h2-10H,1H3,(H,21,22). The summed E-state index contributed by atoms with van der Waals surface area (Å²) in [7, 11) is 0. The largest absolute Gasteiger partial charge is 0.479 e. The Morgan fingerprint density at radius 1 is 1.30 bits per heavy atom. The fourth-order valence-corrected chi connectivity index (χ4v) is 2.53. The third-order valence-electron chi connectivity index (χ3n) is 2.80. The molecule has 0 fully saturated rings. The van der Waals surface area contributed by atoms with E-state index < -0.39 is 6.10 Å². The predicted octanol–water partition coefficient (Wildman–Crippen LogP) is 4.67. The number of nitrogens with one attached hydrogen (secondary N) is 1. The average molecular weight is 416 g/mol. The summed E-state index contributed by atoms with van der Waals surface area (Å²) in [5.74, 6) is -0.00282. The molecule has 0 bridgehead atoms. The zero-order valence-corrected chi connectivity index (χ0v) is 15.2. The molecule has 1 unspecified atom stereocenters. The van der Waals surface area contributed by atoms with Crippen LogP contribution in [0.15, 0.2) is 52.0 Å². The molecule has 0 spiro atoms. The van der Waals surface area contributed by atoms with Crippen molar-refractivity contribution in [1.82, 2.24) is 5.43 Å². The molecule has 0 aliphatic heterocycles. The van der Waals surface area contributed by atoms with E-state index in [1.165, 1.54) is 0 Å². The number of nitrogens with zero attached hydrogens (tertiary/aromatic N) is 1. The van der Waals surface area contributed by atoms with Crippen molar-refractivity contribution < 1.29 is 9.53 Å². The molecular weight excluding hydrogens is 403 g/mol. The van der Waals surface area contributed by atoms with Crippen LogP contribution in [0.5, 0.6) is 5.75 Å². The molecule has 0 aromatic heterocycles. The van der Waals surface area contributed by atoms with Gasteiger partial charge >= 0.3 is 0 Å². The Balaban J connectivity index is 1.92. The molecule has 23 heavy (non-hydrogen) atoms. The van der Waals surface area contributed by atoms with Crippen LogP contribution in [0.4, 0.5) is 0 Å². The van der Waals surface area contributed by atoms with Crippen LogP contribution < -0.4 is 10.2 Å². The van der Waals surface area contributed by atoms with E-state index in [0.717, 1.165) is 10.0 Å². The molecule has 2 rings (SSSR count). The van der Waals surface area contributed by atoms with E-state index in [-0.39, 0.29) is 5.91 Å². The molecule has 0 saturated carbocycles. The summed E-state index contributed by atoms with van der Waals surface area (Å²) in [5, 5.41) is 4.74. The SMILES string of the molecule is CC(Oc1ccc(Cl)cc1Cl)C(=O)NN=Cc1cccc(Br)c1. The van der Waals surface area contributed by atoms with Crippen LogP contribution in [0.25, 0.3) is 0 Å². The summed E-state index contributed by atoms with van der Waals surface area (Å²) >= 11 is 15.2. The van der Waals surface area contributed by atoms with Gasteiger partial charge in [0.15, 0.2) is 6.10 Å². The van der Waals surface area contributed by atoms with Crippen LogP contribution in [-0.2, 0) is 4.79 Å². The van der Waals surface area contributed by atoms with Crippen molar-refractivity contribution in [2.45, 2.75) is 13.0 Å². The predicted molar refractivity (Wildman–Crippen MR) is 96.4 cm³/mol. The van der Waals surface area contributed by atoms with Gasteiger partial charge in [-0.2, -0.15) is 5.10 Å². The number of carbonyl (C=O) groups is 1. The topological polar surface area (TPSA) is 50.7 Å². The van der Waals surface area contributed by atoms with E-state index >= 15 is 0 Å². The molecule has 0 aliphatic carbocycles. The third kappa shape index (κ3) is 5.53. The van der Waals surface area contributed by atoms with Crippen LogP contribution in [0.1, 0.15) is 12.5 Å². The normalized spacial score (nSPS) is 12.2. The molecule has 7 heteroatoms. The zero-order chi connectivity index (χ0) is 16.8. The lowest BCUT2D eigenvalue weighted by Crippen LogP contribution is -2.33. The van der Waals surface area contributed by atoms with Gasteiger partial charge in [0.25, 0.3) is 5.91 Å². The Morgan fingerprint density at radius 3 is 2.78 bits per heavy atom. The molecule has 2 aromatic carbocycles. The fraction of sp³-hybridized carbons (Fsp3) is 0.125. The van der Waals surface area contributed by atoms with Crippen molar-refractivity contribution in [3.63, 3.8) is 0 Å². The number of hydrogen-bond donors (Lipinski definition) is 1. The maximum absolute atomic E-state index is 12.0. The summed E-state index contributed by atoms with van der Waals surface area (Å²) in [6, 6.07) is 12.3. The van der Waals surface area contributed by atoms with Crippen molar-refractivity contribution in [3.8, 4) is 5.75 Å². The lowest BCUT2D eigenvalue weighted by atomic mass is 10.2. The number of rotatable bonds is 5. The van der Waals surface area contributed by atoms with Gasteiger partial charge in [-0.25, -0.2) is 5.43 Å². The van der Waals surface area contributed by atoms with Gasteiger partial charge in [-0.05, 0) is 42.8 Å². The summed E-state index contributed by atoms with van der Waals surface area (Å²) in [6.45, 7) is 1.61. The Hall–Kier alpha value is -1.56. The first-order valence-corrected chi connectivity index (χ1v) is 8.21. The zero-order valence-electron chi connectivity index (χ0n) is 12.1. The first-order valence-electron chi connectivity index (χ1n) is 6.66. The second kappa shape index (κ2) is 8.34. The van der Waals surface area contributed by atoms with E-state index in [2.05, 4.69) is 26.5 Å². The minimum Gasteiger partial charge on any atom is -0.479 e. The Kier molecular flexibility index (Phi) is 6.45. The summed E-state index contributed by atoms with van der Waals surface area (Å²) < 4.78 is 6.43. The molecular formula is C16H13BrCl2N2O2. The molecule has 2 aromatic rings. The highest BCUT2D eigenvalue weighted by Crippen LogP contribution is 2.28. The lowest BCUT2D eigenvalue weighted by molar-refractivity contribution is -0.127. The van der Waals surface area contributed by atoms with E-state index in [0.29, 0.717) is 15.8 Å². The highest BCUT2D eigenvalue weighted by molar-refractivity contribution is 9.10. The minimum atomic E-state index is -0.756. The number of hydrogen-bond acceptors (Lipinski definition) is 3. The number of ether oxygens (including phenoxy) is 1. The fourth-order valence-electron chi connectivity index (χ4n) is 1.66. The summed E-state index contributed by atoms with van der Waals surface area (Å²) in [4.78, 5) is 12.0. The van der Waals surface area contributed by atoms with Crippen molar-refractivity contribution in [1.29, 1.82) is 0 Å². The molecule has 1 atom stereocenters. The van der Waals surface area contributed by atoms with Gasteiger partial charge in [-0.15, -0.1) is 0 Å². The van der Waals surface area contributed by atoms with Crippen LogP contribution in [0, 0.1) is 0 Å². The van der Waals surface area contributed by atoms with Crippen molar-refractivity contribution in [2.75, 3.05) is 0 Å². The molecule has 0 radical (unpaired) electrons. The van der Waals surface area contributed by atoms with Gasteiger partial charge in [-0.1, -0.05) is 51.3 Å². The third-order valence-corrected chi connectivity index (χ3v) is 3.83. The number of halogens is 3. The number of amides is 1. The van der Waals surface area contributed by atoms with Crippen LogP contribution in [-0.4, -0.2) is 18.2 Å². The molecule has 0 aliphatic rings. The van der Waals surface area contributed by atoms with Crippen LogP contribution in [0.3, 0.4) is 0 Å². The smallest absolute Gasteiger partial charge is 0.280 e. The van der Waals surface area contributed by atoms with Crippen molar-refractivity contribution in [2.24, 2.45) is 5.10 Å². The molecule has 1 N–H and O–H groups in total. The van der Waals surface area contributed by atoms with Gasteiger partial charge in [0.2, 0.25) is 0 Å². The number of hydrazone groups is 1. The highest BCUT2D eigenvalue weighted by Gasteiger charge is 2.15. The quantitative estimate of drug-likeness (QED) is 0.569. The van der Waals surface area contributed by atoms with E-state index in [1.54, 1.807) is 31.3 Å². The maximum Gasteiger partial charge on any atom is 0.280 e. The van der Waals surface area contributed by atoms with Gasteiger partial charge in [-0.3, -0.25) is 4.79 Å².